The lowest BCUT2D eigenvalue weighted by Crippen LogP contribution is -2.50. The van der Waals surface area contributed by atoms with Crippen molar-refractivity contribution in [3.8, 4) is 5.75 Å². The van der Waals surface area contributed by atoms with Crippen LogP contribution in [-0.4, -0.2) is 11.1 Å². The zero-order valence-electron chi connectivity index (χ0n) is 14.0. The maximum absolute atomic E-state index is 10.2. The molecule has 2 aliphatic carbocycles. The molecule has 2 heteroatoms. The smallest absolute Gasteiger partial charge is 0.120 e. The molecule has 1 aromatic carbocycles. The standard InChI is InChI=1S/C19H29NO/c1-12-6-7-16(21)15(10-12)13(2)20-17-18(3,4)14-8-9-19(17,5)11-14/h6-7,10,13-14,17,20-21H,8-9,11H2,1-5H3. The second-order valence-electron chi connectivity index (χ2n) is 8.30. The van der Waals surface area contributed by atoms with Crippen molar-refractivity contribution in [3.63, 3.8) is 0 Å². The topological polar surface area (TPSA) is 32.3 Å². The van der Waals surface area contributed by atoms with Gasteiger partial charge in [0.05, 0.1) is 0 Å². The number of hydrogen-bond acceptors (Lipinski definition) is 2. The van der Waals surface area contributed by atoms with E-state index in [1.165, 1.54) is 24.8 Å². The number of fused-ring (bicyclic) bond motifs is 2. The summed E-state index contributed by atoms with van der Waals surface area (Å²) in [6, 6.07) is 6.60. The maximum atomic E-state index is 10.2. The lowest BCUT2D eigenvalue weighted by atomic mass is 9.68. The van der Waals surface area contributed by atoms with E-state index >= 15 is 0 Å². The van der Waals surface area contributed by atoms with Crippen LogP contribution in [0.5, 0.6) is 5.75 Å². The summed E-state index contributed by atoms with van der Waals surface area (Å²) in [5.41, 5.74) is 3.00. The first-order valence-electron chi connectivity index (χ1n) is 8.29. The van der Waals surface area contributed by atoms with Gasteiger partial charge in [-0.15, -0.1) is 0 Å². The number of hydrogen-bond donors (Lipinski definition) is 2. The van der Waals surface area contributed by atoms with Crippen molar-refractivity contribution in [1.29, 1.82) is 0 Å². The molecule has 0 aromatic heterocycles. The first-order valence-corrected chi connectivity index (χ1v) is 8.29. The molecule has 2 nitrogen and oxygen atoms in total. The highest BCUT2D eigenvalue weighted by Gasteiger charge is 2.59. The van der Waals surface area contributed by atoms with Crippen molar-refractivity contribution >= 4 is 0 Å². The van der Waals surface area contributed by atoms with E-state index in [0.717, 1.165) is 11.5 Å². The Morgan fingerprint density at radius 3 is 2.62 bits per heavy atom. The number of phenolic OH excluding ortho intramolecular Hbond substituents is 1. The summed E-state index contributed by atoms with van der Waals surface area (Å²) in [4.78, 5) is 0. The van der Waals surface area contributed by atoms with E-state index in [-0.39, 0.29) is 6.04 Å². The molecule has 1 aromatic rings. The Hall–Kier alpha value is -1.02. The van der Waals surface area contributed by atoms with E-state index in [1.54, 1.807) is 0 Å². The predicted octanol–water partition coefficient (Wildman–Crippen LogP) is 4.57. The minimum atomic E-state index is 0.186. The average Bonchev–Trinajstić information content (AvgIpc) is 2.88. The van der Waals surface area contributed by atoms with Gasteiger partial charge in [-0.25, -0.2) is 0 Å². The third-order valence-corrected chi connectivity index (χ3v) is 6.34. The molecule has 4 atom stereocenters. The molecule has 2 saturated carbocycles. The fourth-order valence-electron chi connectivity index (χ4n) is 5.08. The first kappa shape index (κ1) is 14.9. The molecule has 0 aliphatic heterocycles. The quantitative estimate of drug-likeness (QED) is 0.853. The fourth-order valence-corrected chi connectivity index (χ4v) is 5.08. The molecule has 2 N–H and O–H groups in total. The van der Waals surface area contributed by atoms with Gasteiger partial charge in [-0.2, -0.15) is 0 Å². The van der Waals surface area contributed by atoms with Gasteiger partial charge in [0.2, 0.25) is 0 Å². The van der Waals surface area contributed by atoms with E-state index in [2.05, 4.69) is 46.0 Å². The monoisotopic (exact) mass is 287 g/mol. The molecule has 4 unspecified atom stereocenters. The van der Waals surface area contributed by atoms with Crippen LogP contribution < -0.4 is 5.32 Å². The molecule has 0 spiro atoms. The van der Waals surface area contributed by atoms with Crippen LogP contribution in [0.3, 0.4) is 0 Å². The Kier molecular flexibility index (Phi) is 3.36. The zero-order valence-corrected chi connectivity index (χ0v) is 14.0. The molecule has 2 aliphatic rings. The number of rotatable bonds is 3. The molecule has 2 fully saturated rings. The van der Waals surface area contributed by atoms with Gasteiger partial charge in [-0.1, -0.05) is 38.5 Å². The second kappa shape index (κ2) is 4.74. The van der Waals surface area contributed by atoms with Crippen LogP contribution in [0.2, 0.25) is 0 Å². The molecule has 21 heavy (non-hydrogen) atoms. The normalized spacial score (nSPS) is 35.1. The highest BCUT2D eigenvalue weighted by Crippen LogP contribution is 2.62. The van der Waals surface area contributed by atoms with Crippen molar-refractivity contribution < 1.29 is 5.11 Å². The Labute approximate surface area is 129 Å². The third-order valence-electron chi connectivity index (χ3n) is 6.34. The predicted molar refractivity (Wildman–Crippen MR) is 87.4 cm³/mol. The number of aromatic hydroxyl groups is 1. The molecule has 0 radical (unpaired) electrons. The number of benzene rings is 1. The van der Waals surface area contributed by atoms with Gasteiger partial charge in [0.25, 0.3) is 0 Å². The first-order chi connectivity index (χ1) is 9.74. The maximum Gasteiger partial charge on any atom is 0.120 e. The van der Waals surface area contributed by atoms with Crippen LogP contribution in [0.4, 0.5) is 0 Å². The summed E-state index contributed by atoms with van der Waals surface area (Å²) in [5, 5.41) is 14.0. The Morgan fingerprint density at radius 2 is 2.00 bits per heavy atom. The van der Waals surface area contributed by atoms with Crippen molar-refractivity contribution in [2.24, 2.45) is 16.7 Å². The number of nitrogens with one attached hydrogen (secondary N) is 1. The highest BCUT2D eigenvalue weighted by molar-refractivity contribution is 5.38. The minimum Gasteiger partial charge on any atom is -0.508 e. The molecule has 116 valence electrons. The van der Waals surface area contributed by atoms with Crippen LogP contribution in [0, 0.1) is 23.7 Å². The molecule has 3 rings (SSSR count). The van der Waals surface area contributed by atoms with Crippen molar-refractivity contribution in [3.05, 3.63) is 29.3 Å². The van der Waals surface area contributed by atoms with E-state index in [0.29, 0.717) is 22.6 Å². The van der Waals surface area contributed by atoms with E-state index < -0.39 is 0 Å². The van der Waals surface area contributed by atoms with Crippen LogP contribution in [0.15, 0.2) is 18.2 Å². The Morgan fingerprint density at radius 1 is 1.29 bits per heavy atom. The molecule has 0 amide bonds. The van der Waals surface area contributed by atoms with Crippen LogP contribution in [-0.2, 0) is 0 Å². The van der Waals surface area contributed by atoms with E-state index in [9.17, 15) is 5.11 Å². The Bertz CT molecular complexity index is 546. The summed E-state index contributed by atoms with van der Waals surface area (Å²) in [5.74, 6) is 1.25. The van der Waals surface area contributed by atoms with Gasteiger partial charge in [0.1, 0.15) is 5.75 Å². The lowest BCUT2D eigenvalue weighted by Gasteiger charge is -2.44. The van der Waals surface area contributed by atoms with E-state index in [1.807, 2.05) is 12.1 Å². The van der Waals surface area contributed by atoms with Gasteiger partial charge >= 0.3 is 0 Å². The van der Waals surface area contributed by atoms with Gasteiger partial charge in [0.15, 0.2) is 0 Å². The fraction of sp³-hybridized carbons (Fsp3) is 0.684. The lowest BCUT2D eigenvalue weighted by molar-refractivity contribution is 0.0999. The van der Waals surface area contributed by atoms with Crippen LogP contribution in [0.1, 0.15) is 64.1 Å². The SMILES string of the molecule is Cc1ccc(O)c(C(C)NC2C3(C)CCC(C3)C2(C)C)c1. The summed E-state index contributed by atoms with van der Waals surface area (Å²) < 4.78 is 0. The van der Waals surface area contributed by atoms with Gasteiger partial charge < -0.3 is 10.4 Å². The van der Waals surface area contributed by atoms with Crippen LogP contribution in [0.25, 0.3) is 0 Å². The van der Waals surface area contributed by atoms with Gasteiger partial charge in [-0.05, 0) is 55.9 Å². The molecule has 2 bridgehead atoms. The summed E-state index contributed by atoms with van der Waals surface area (Å²) >= 11 is 0. The van der Waals surface area contributed by atoms with Crippen molar-refractivity contribution in [2.45, 2.75) is 66.0 Å². The molecular formula is C19H29NO. The zero-order chi connectivity index (χ0) is 15.4. The second-order valence-corrected chi connectivity index (χ2v) is 8.30. The minimum absolute atomic E-state index is 0.186. The van der Waals surface area contributed by atoms with E-state index in [4.69, 9.17) is 0 Å². The largest absolute Gasteiger partial charge is 0.508 e. The van der Waals surface area contributed by atoms with Gasteiger partial charge in [-0.3, -0.25) is 0 Å². The molecule has 0 saturated heterocycles. The summed E-state index contributed by atoms with van der Waals surface area (Å²) in [6.45, 7) is 11.5. The molecular weight excluding hydrogens is 258 g/mol. The summed E-state index contributed by atoms with van der Waals surface area (Å²) in [6.07, 6.45) is 4.07. The van der Waals surface area contributed by atoms with Crippen molar-refractivity contribution in [2.75, 3.05) is 0 Å². The highest BCUT2D eigenvalue weighted by atomic mass is 16.3. The number of aryl methyl sites for hydroxylation is 1. The third kappa shape index (κ3) is 2.28. The van der Waals surface area contributed by atoms with Crippen LogP contribution >= 0.6 is 0 Å². The van der Waals surface area contributed by atoms with Crippen molar-refractivity contribution in [1.82, 2.24) is 5.32 Å². The summed E-state index contributed by atoms with van der Waals surface area (Å²) in [7, 11) is 0. The Balaban J connectivity index is 1.84. The average molecular weight is 287 g/mol. The number of phenols is 1. The van der Waals surface area contributed by atoms with Gasteiger partial charge in [0, 0.05) is 17.6 Å². The molecule has 0 heterocycles.